The molecule has 0 saturated carbocycles. The van der Waals surface area contributed by atoms with Crippen LogP contribution in [-0.2, 0) is 19.1 Å². The van der Waals surface area contributed by atoms with Gasteiger partial charge in [-0.05, 0) is 27.9 Å². The molecule has 0 radical (unpaired) electrons. The van der Waals surface area contributed by atoms with Crippen LogP contribution >= 0.6 is 0 Å². The molecule has 0 N–H and O–H groups in total. The van der Waals surface area contributed by atoms with E-state index in [2.05, 4.69) is 9.47 Å². The summed E-state index contributed by atoms with van der Waals surface area (Å²) in [5.74, 6) is -0.599. The van der Waals surface area contributed by atoms with Crippen molar-refractivity contribution in [1.29, 1.82) is 0 Å². The van der Waals surface area contributed by atoms with Crippen molar-refractivity contribution >= 4 is 11.9 Å². The van der Waals surface area contributed by atoms with Crippen molar-refractivity contribution in [3.63, 3.8) is 0 Å². The highest BCUT2D eigenvalue weighted by Crippen LogP contribution is 2.03. The van der Waals surface area contributed by atoms with E-state index in [1.807, 2.05) is 0 Å². The van der Waals surface area contributed by atoms with Gasteiger partial charge in [-0.1, -0.05) is 0 Å². The zero-order valence-electron chi connectivity index (χ0n) is 11.4. The van der Waals surface area contributed by atoms with Gasteiger partial charge in [0.05, 0.1) is 20.9 Å². The maximum Gasteiger partial charge on any atom is 0.322 e. The van der Waals surface area contributed by atoms with Crippen LogP contribution in [0, 0.1) is 0 Å². The smallest absolute Gasteiger partial charge is 0.322 e. The fraction of sp³-hybridized carbons (Fsp3) is 0.818. The van der Waals surface area contributed by atoms with Crippen LogP contribution in [0.15, 0.2) is 0 Å². The molecule has 0 heterocycles. The second kappa shape index (κ2) is 7.24. The molecule has 17 heavy (non-hydrogen) atoms. The molecular formula is C11H22N2O4. The van der Waals surface area contributed by atoms with Gasteiger partial charge in [0.15, 0.2) is 0 Å². The predicted octanol–water partition coefficient (Wildman–Crippen LogP) is -0.0695. The minimum atomic E-state index is -0.354. The maximum atomic E-state index is 11.3. The van der Waals surface area contributed by atoms with Crippen molar-refractivity contribution in [3.8, 4) is 0 Å². The summed E-state index contributed by atoms with van der Waals surface area (Å²) in [5.41, 5.74) is 0. The third kappa shape index (κ3) is 4.70. The Balaban J connectivity index is 4.33. The minimum Gasteiger partial charge on any atom is -0.468 e. The van der Waals surface area contributed by atoms with Gasteiger partial charge < -0.3 is 9.47 Å². The van der Waals surface area contributed by atoms with E-state index in [9.17, 15) is 9.59 Å². The molecule has 6 nitrogen and oxygen atoms in total. The van der Waals surface area contributed by atoms with E-state index in [1.54, 1.807) is 37.7 Å². The van der Waals surface area contributed by atoms with Crippen molar-refractivity contribution in [2.75, 3.05) is 35.0 Å². The molecule has 0 spiro atoms. The highest BCUT2D eigenvalue weighted by Gasteiger charge is 2.24. The summed E-state index contributed by atoms with van der Waals surface area (Å²) in [6.45, 7) is 3.97. The highest BCUT2D eigenvalue weighted by atomic mass is 16.5. The molecule has 0 aromatic rings. The summed E-state index contributed by atoms with van der Waals surface area (Å²) in [5, 5.41) is 0. The monoisotopic (exact) mass is 246 g/mol. The van der Waals surface area contributed by atoms with E-state index in [-0.39, 0.29) is 24.0 Å². The van der Waals surface area contributed by atoms with Gasteiger partial charge in [-0.3, -0.25) is 19.4 Å². The molecule has 2 atom stereocenters. The van der Waals surface area contributed by atoms with Gasteiger partial charge in [-0.2, -0.15) is 0 Å². The predicted molar refractivity (Wildman–Crippen MR) is 63.3 cm³/mol. The lowest BCUT2D eigenvalue weighted by Gasteiger charge is -2.30. The van der Waals surface area contributed by atoms with Crippen LogP contribution in [0.2, 0.25) is 0 Å². The van der Waals surface area contributed by atoms with Crippen molar-refractivity contribution in [2.45, 2.75) is 25.9 Å². The summed E-state index contributed by atoms with van der Waals surface area (Å²) < 4.78 is 9.31. The van der Waals surface area contributed by atoms with Crippen LogP contribution in [0.25, 0.3) is 0 Å². The molecule has 0 aromatic carbocycles. The number of nitrogens with zero attached hydrogens (tertiary/aromatic N) is 2. The molecule has 100 valence electrons. The summed E-state index contributed by atoms with van der Waals surface area (Å²) in [4.78, 5) is 26.2. The fourth-order valence-corrected chi connectivity index (χ4v) is 1.30. The van der Waals surface area contributed by atoms with Crippen LogP contribution in [0.1, 0.15) is 13.8 Å². The van der Waals surface area contributed by atoms with Crippen molar-refractivity contribution in [2.24, 2.45) is 0 Å². The number of rotatable bonds is 6. The number of hydrogen-bond donors (Lipinski definition) is 0. The first-order valence-corrected chi connectivity index (χ1v) is 5.41. The normalized spacial score (nSPS) is 14.6. The molecule has 0 fully saturated rings. The lowest BCUT2D eigenvalue weighted by molar-refractivity contribution is -0.148. The van der Waals surface area contributed by atoms with Gasteiger partial charge in [-0.15, -0.1) is 0 Å². The SMILES string of the molecule is COC(=O)C(C)N(C)CN(C)C(C)C(=O)OC. The largest absolute Gasteiger partial charge is 0.468 e. The summed E-state index contributed by atoms with van der Waals surface area (Å²) in [6, 6.07) is -0.709. The van der Waals surface area contributed by atoms with E-state index in [4.69, 9.17) is 0 Å². The van der Waals surface area contributed by atoms with Crippen LogP contribution in [0.3, 0.4) is 0 Å². The zero-order valence-corrected chi connectivity index (χ0v) is 11.4. The van der Waals surface area contributed by atoms with E-state index in [0.29, 0.717) is 6.67 Å². The molecule has 2 unspecified atom stereocenters. The van der Waals surface area contributed by atoms with Gasteiger partial charge >= 0.3 is 11.9 Å². The second-order valence-corrected chi connectivity index (χ2v) is 4.05. The molecule has 0 aromatic heterocycles. The summed E-state index contributed by atoms with van der Waals surface area (Å²) in [6.07, 6.45) is 0. The number of ether oxygens (including phenoxy) is 2. The quantitative estimate of drug-likeness (QED) is 0.483. The molecule has 0 amide bonds. The Hall–Kier alpha value is -1.14. The van der Waals surface area contributed by atoms with Gasteiger partial charge in [0, 0.05) is 0 Å². The van der Waals surface area contributed by atoms with Gasteiger partial charge in [0.1, 0.15) is 12.1 Å². The number of esters is 2. The maximum absolute atomic E-state index is 11.3. The number of carbonyl (C=O) groups is 2. The highest BCUT2D eigenvalue weighted by molar-refractivity contribution is 5.75. The molecule has 0 saturated heterocycles. The third-order valence-corrected chi connectivity index (χ3v) is 2.85. The minimum absolute atomic E-state index is 0.299. The second-order valence-electron chi connectivity index (χ2n) is 4.05. The first-order valence-electron chi connectivity index (χ1n) is 5.41. The molecular weight excluding hydrogens is 224 g/mol. The molecule has 0 rings (SSSR count). The molecule has 0 aliphatic heterocycles. The standard InChI is InChI=1S/C11H22N2O4/c1-8(10(14)16-5)12(3)7-13(4)9(2)11(15)17-6/h8-9H,7H2,1-6H3. The first kappa shape index (κ1) is 15.9. The third-order valence-electron chi connectivity index (χ3n) is 2.85. The molecule has 0 aliphatic carbocycles. The number of carbonyl (C=O) groups excluding carboxylic acids is 2. The summed E-state index contributed by atoms with van der Waals surface area (Å²) in [7, 11) is 6.30. The van der Waals surface area contributed by atoms with Gasteiger partial charge in [0.2, 0.25) is 0 Å². The Morgan fingerprint density at radius 2 is 1.24 bits per heavy atom. The number of methoxy groups -OCH3 is 2. The Kier molecular flexibility index (Phi) is 6.75. The van der Waals surface area contributed by atoms with E-state index >= 15 is 0 Å². The lowest BCUT2D eigenvalue weighted by Crippen LogP contribution is -2.47. The average molecular weight is 246 g/mol. The fourth-order valence-electron chi connectivity index (χ4n) is 1.30. The Morgan fingerprint density at radius 3 is 1.47 bits per heavy atom. The molecule has 0 bridgehead atoms. The Labute approximate surface area is 102 Å². The molecule has 0 aliphatic rings. The summed E-state index contributed by atoms with van der Waals surface area (Å²) >= 11 is 0. The van der Waals surface area contributed by atoms with Crippen molar-refractivity contribution in [3.05, 3.63) is 0 Å². The van der Waals surface area contributed by atoms with Crippen LogP contribution < -0.4 is 0 Å². The molecule has 6 heteroatoms. The van der Waals surface area contributed by atoms with E-state index < -0.39 is 0 Å². The Morgan fingerprint density at radius 1 is 0.941 bits per heavy atom. The number of hydrogen-bond acceptors (Lipinski definition) is 6. The van der Waals surface area contributed by atoms with Crippen LogP contribution in [0.4, 0.5) is 0 Å². The van der Waals surface area contributed by atoms with Crippen LogP contribution in [-0.4, -0.2) is 68.8 Å². The van der Waals surface area contributed by atoms with E-state index in [0.717, 1.165) is 0 Å². The van der Waals surface area contributed by atoms with Crippen molar-refractivity contribution in [1.82, 2.24) is 9.80 Å². The van der Waals surface area contributed by atoms with Gasteiger partial charge in [-0.25, -0.2) is 0 Å². The topological polar surface area (TPSA) is 59.1 Å². The zero-order chi connectivity index (χ0) is 13.6. The first-order chi connectivity index (χ1) is 7.84. The van der Waals surface area contributed by atoms with E-state index in [1.165, 1.54) is 14.2 Å². The van der Waals surface area contributed by atoms with Gasteiger partial charge in [0.25, 0.3) is 0 Å². The number of likely N-dealkylation sites (N-methyl/N-ethyl adjacent to an activating group) is 2. The lowest BCUT2D eigenvalue weighted by atomic mass is 10.3. The van der Waals surface area contributed by atoms with Crippen molar-refractivity contribution < 1.29 is 19.1 Å². The van der Waals surface area contributed by atoms with Crippen LogP contribution in [0.5, 0.6) is 0 Å². The Bertz CT molecular complexity index is 244. The average Bonchev–Trinajstić information content (AvgIpc) is 2.34.